The molecule has 1 saturated heterocycles. The van der Waals surface area contributed by atoms with Crippen molar-refractivity contribution in [2.45, 2.75) is 32.9 Å². The lowest BCUT2D eigenvalue weighted by molar-refractivity contribution is -0.134. The smallest absolute Gasteiger partial charge is 0.270 e. The minimum atomic E-state index is -0.00365. The van der Waals surface area contributed by atoms with Crippen molar-refractivity contribution in [3.8, 4) is 0 Å². The van der Waals surface area contributed by atoms with E-state index in [0.717, 1.165) is 20.8 Å². The Morgan fingerprint density at radius 1 is 1.03 bits per heavy atom. The maximum Gasteiger partial charge on any atom is 0.270 e. The fraction of sp³-hybridized carbons (Fsp3) is 0.308. The van der Waals surface area contributed by atoms with Crippen LogP contribution in [0.15, 0.2) is 59.3 Å². The Hall–Kier alpha value is -2.90. The number of hydrogen-bond donors (Lipinski definition) is 0. The lowest BCUT2D eigenvalue weighted by Gasteiger charge is -2.40. The highest BCUT2D eigenvalue weighted by atomic mass is 32.1. The van der Waals surface area contributed by atoms with Crippen molar-refractivity contribution in [3.05, 3.63) is 81.0 Å². The van der Waals surface area contributed by atoms with Gasteiger partial charge in [0.1, 0.15) is 10.5 Å². The van der Waals surface area contributed by atoms with E-state index in [1.54, 1.807) is 22.7 Å². The predicted molar refractivity (Wildman–Crippen MR) is 135 cm³/mol. The monoisotopic (exact) mass is 477 g/mol. The average molecular weight is 478 g/mol. The number of amides is 2. The number of fused-ring (bicyclic) bond motifs is 1. The molecule has 0 radical (unpaired) electrons. The molecule has 1 fully saturated rings. The highest BCUT2D eigenvalue weighted by Gasteiger charge is 2.31. The molecule has 4 heterocycles. The van der Waals surface area contributed by atoms with E-state index in [4.69, 9.17) is 0 Å². The fourth-order valence-corrected chi connectivity index (χ4v) is 6.20. The Bertz CT molecular complexity index is 1290. The number of nitrogens with zero attached hydrogens (tertiary/aromatic N) is 3. The van der Waals surface area contributed by atoms with Crippen LogP contribution in [0, 0.1) is 6.92 Å². The van der Waals surface area contributed by atoms with E-state index in [1.165, 1.54) is 11.1 Å². The number of aryl methyl sites for hydroxylation is 1. The predicted octanol–water partition coefficient (Wildman–Crippen LogP) is 5.04. The number of thiophene rings is 2. The highest BCUT2D eigenvalue weighted by molar-refractivity contribution is 7.16. The summed E-state index contributed by atoms with van der Waals surface area (Å²) in [6.45, 7) is 6.51. The molecular formula is C26H27N3O2S2. The van der Waals surface area contributed by atoms with E-state index in [2.05, 4.69) is 35.1 Å². The number of carbonyl (C=O) groups is 2. The van der Waals surface area contributed by atoms with Gasteiger partial charge in [0, 0.05) is 42.5 Å². The molecule has 1 aliphatic rings. The summed E-state index contributed by atoms with van der Waals surface area (Å²) < 4.78 is 2.16. The first kappa shape index (κ1) is 21.9. The van der Waals surface area contributed by atoms with Gasteiger partial charge in [0.15, 0.2) is 0 Å². The molecule has 0 aliphatic carbocycles. The van der Waals surface area contributed by atoms with E-state index in [1.807, 2.05) is 52.4 Å². The van der Waals surface area contributed by atoms with Crippen LogP contribution in [-0.2, 0) is 17.8 Å². The van der Waals surface area contributed by atoms with Crippen molar-refractivity contribution in [1.29, 1.82) is 0 Å². The van der Waals surface area contributed by atoms with Gasteiger partial charge in [0.2, 0.25) is 5.91 Å². The third kappa shape index (κ3) is 4.35. The van der Waals surface area contributed by atoms with Crippen LogP contribution >= 0.6 is 22.7 Å². The van der Waals surface area contributed by atoms with Gasteiger partial charge in [0.25, 0.3) is 5.91 Å². The summed E-state index contributed by atoms with van der Waals surface area (Å²) in [6, 6.07) is 16.4. The number of benzene rings is 1. The molecule has 0 saturated carbocycles. The maximum absolute atomic E-state index is 13.6. The normalized spacial score (nSPS) is 16.5. The maximum atomic E-state index is 13.6. The Kier molecular flexibility index (Phi) is 6.08. The van der Waals surface area contributed by atoms with Crippen LogP contribution in [0.1, 0.15) is 33.4 Å². The highest BCUT2D eigenvalue weighted by Crippen LogP contribution is 2.28. The molecule has 5 nitrogen and oxygen atoms in total. The van der Waals surface area contributed by atoms with E-state index in [-0.39, 0.29) is 17.9 Å². The van der Waals surface area contributed by atoms with Crippen LogP contribution in [0.4, 0.5) is 0 Å². The van der Waals surface area contributed by atoms with Crippen molar-refractivity contribution < 1.29 is 9.59 Å². The number of rotatable bonds is 5. The van der Waals surface area contributed by atoms with Gasteiger partial charge in [-0.2, -0.15) is 0 Å². The minimum absolute atomic E-state index is 0.00365. The molecule has 0 bridgehead atoms. The van der Waals surface area contributed by atoms with Crippen molar-refractivity contribution in [2.75, 3.05) is 19.6 Å². The lowest BCUT2D eigenvalue weighted by Crippen LogP contribution is -2.55. The van der Waals surface area contributed by atoms with Crippen molar-refractivity contribution in [3.63, 3.8) is 0 Å². The van der Waals surface area contributed by atoms with Crippen molar-refractivity contribution >= 4 is 44.7 Å². The summed E-state index contributed by atoms with van der Waals surface area (Å²) in [7, 11) is 0. The molecule has 0 unspecified atom stereocenters. The van der Waals surface area contributed by atoms with Crippen molar-refractivity contribution in [2.24, 2.45) is 0 Å². The second-order valence-corrected chi connectivity index (χ2v) is 10.6. The molecule has 5 rings (SSSR count). The van der Waals surface area contributed by atoms with Crippen LogP contribution in [0.25, 0.3) is 10.2 Å². The Labute approximate surface area is 201 Å². The summed E-state index contributed by atoms with van der Waals surface area (Å²) in [5, 5.41) is 5.18. The van der Waals surface area contributed by atoms with Crippen LogP contribution in [0.5, 0.6) is 0 Å². The summed E-state index contributed by atoms with van der Waals surface area (Å²) >= 11 is 3.28. The molecule has 3 aromatic heterocycles. The molecule has 0 N–H and O–H groups in total. The van der Waals surface area contributed by atoms with Crippen LogP contribution in [0.3, 0.4) is 0 Å². The van der Waals surface area contributed by atoms with Crippen LogP contribution in [0.2, 0.25) is 0 Å². The van der Waals surface area contributed by atoms with E-state index < -0.39 is 0 Å². The summed E-state index contributed by atoms with van der Waals surface area (Å²) in [5.74, 6) is 0.185. The van der Waals surface area contributed by atoms with E-state index >= 15 is 0 Å². The van der Waals surface area contributed by atoms with E-state index in [0.29, 0.717) is 32.6 Å². The van der Waals surface area contributed by atoms with Gasteiger partial charge in [-0.15, -0.1) is 22.7 Å². The van der Waals surface area contributed by atoms with Crippen LogP contribution < -0.4 is 0 Å². The fourth-order valence-electron chi connectivity index (χ4n) is 4.61. The lowest BCUT2D eigenvalue weighted by atomic mass is 10.1. The van der Waals surface area contributed by atoms with Gasteiger partial charge in [-0.25, -0.2) is 0 Å². The first-order valence-corrected chi connectivity index (χ1v) is 13.0. The Morgan fingerprint density at radius 3 is 2.64 bits per heavy atom. The van der Waals surface area contributed by atoms with Crippen LogP contribution in [-0.4, -0.2) is 51.9 Å². The quantitative estimate of drug-likeness (QED) is 0.404. The van der Waals surface area contributed by atoms with E-state index in [9.17, 15) is 9.59 Å². The largest absolute Gasteiger partial charge is 0.336 e. The molecule has 4 aromatic rings. The summed E-state index contributed by atoms with van der Waals surface area (Å²) in [6.07, 6.45) is 0.436. The molecule has 170 valence electrons. The van der Waals surface area contributed by atoms with Gasteiger partial charge >= 0.3 is 0 Å². The number of aromatic nitrogens is 1. The second-order valence-electron chi connectivity index (χ2n) is 8.67. The Morgan fingerprint density at radius 2 is 1.88 bits per heavy atom. The molecule has 33 heavy (non-hydrogen) atoms. The first-order chi connectivity index (χ1) is 16.0. The zero-order valence-corrected chi connectivity index (χ0v) is 20.5. The standard InChI is InChI=1S/C26H27N3O2S2/c1-18-6-3-4-7-21(18)17-29-23(14-20-9-13-33-26(20)29)25(31)27-10-11-28(19(2)16-27)24(30)15-22-8-5-12-32-22/h3-9,12-14,19H,10-11,15-17H2,1-2H3/t19-/m0/s1. The molecule has 0 spiro atoms. The SMILES string of the molecule is Cc1ccccc1Cn1c(C(=O)N2CCN(C(=O)Cc3cccs3)[C@@H](C)C2)cc2ccsc21. The zero-order valence-electron chi connectivity index (χ0n) is 18.9. The average Bonchev–Trinajstić information content (AvgIpc) is 3.54. The third-order valence-corrected chi connectivity index (χ3v) is 8.28. The summed E-state index contributed by atoms with van der Waals surface area (Å²) in [5.41, 5.74) is 3.17. The van der Waals surface area contributed by atoms with Gasteiger partial charge in [0.05, 0.1) is 6.42 Å². The minimum Gasteiger partial charge on any atom is -0.336 e. The number of hydrogen-bond acceptors (Lipinski definition) is 4. The Balaban J connectivity index is 1.35. The number of carbonyl (C=O) groups excluding carboxylic acids is 2. The third-order valence-electron chi connectivity index (χ3n) is 6.45. The molecular weight excluding hydrogens is 450 g/mol. The second kappa shape index (κ2) is 9.15. The van der Waals surface area contributed by atoms with Crippen molar-refractivity contribution in [1.82, 2.24) is 14.4 Å². The summed E-state index contributed by atoms with van der Waals surface area (Å²) in [4.78, 5) is 32.5. The van der Waals surface area contributed by atoms with Gasteiger partial charge in [-0.3, -0.25) is 9.59 Å². The first-order valence-electron chi connectivity index (χ1n) is 11.2. The van der Waals surface area contributed by atoms with Gasteiger partial charge in [-0.05, 0) is 53.9 Å². The molecule has 1 aliphatic heterocycles. The van der Waals surface area contributed by atoms with Gasteiger partial charge in [-0.1, -0.05) is 30.3 Å². The number of piperazine rings is 1. The topological polar surface area (TPSA) is 45.6 Å². The molecule has 7 heteroatoms. The molecule has 1 atom stereocenters. The molecule has 2 amide bonds. The van der Waals surface area contributed by atoms with Gasteiger partial charge < -0.3 is 14.4 Å². The zero-order chi connectivity index (χ0) is 22.9. The molecule has 1 aromatic carbocycles.